The Balaban J connectivity index is 0.000000536. The zero-order valence-electron chi connectivity index (χ0n) is 20.4. The predicted octanol–water partition coefficient (Wildman–Crippen LogP) is 6.52. The Bertz CT molecular complexity index is 1120. The maximum atomic E-state index is 13.0. The number of nitrogens with zero attached hydrogens (tertiary/aromatic N) is 2. The molecule has 2 heterocycles. The number of rotatable bonds is 2. The van der Waals surface area contributed by atoms with E-state index >= 15 is 0 Å². The first-order valence-corrected chi connectivity index (χ1v) is 11.1. The number of hydrogen-bond acceptors (Lipinski definition) is 7. The summed E-state index contributed by atoms with van der Waals surface area (Å²) in [6.07, 6.45) is 0. The Labute approximate surface area is 225 Å². The van der Waals surface area contributed by atoms with E-state index in [0.29, 0.717) is 0 Å². The number of pyridine rings is 2. The van der Waals surface area contributed by atoms with E-state index in [1.54, 1.807) is 41.5 Å². The highest BCUT2D eigenvalue weighted by atomic mass is 35.6. The van der Waals surface area contributed by atoms with E-state index in [0.717, 1.165) is 24.3 Å². The molecule has 0 spiro atoms. The highest BCUT2D eigenvalue weighted by molar-refractivity contribution is 6.76. The molecule has 0 aromatic carbocycles. The Morgan fingerprint density at radius 2 is 1.16 bits per heavy atom. The fraction of sp³-hybridized carbons (Fsp3) is 0.409. The number of carbonyl (C=O) groups is 2. The summed E-state index contributed by atoms with van der Waals surface area (Å²) in [6.45, 7) is 10.3. The summed E-state index contributed by atoms with van der Waals surface area (Å²) in [6, 6.07) is 3.51. The fourth-order valence-corrected chi connectivity index (χ4v) is 1.95. The molecule has 0 saturated heterocycles. The second-order valence-corrected chi connectivity index (χ2v) is 11.1. The summed E-state index contributed by atoms with van der Waals surface area (Å²) in [4.78, 5) is 27.1. The molecule has 2 aromatic rings. The molecule has 0 amide bonds. The van der Waals surface area contributed by atoms with Gasteiger partial charge < -0.3 is 14.6 Å². The normalized spacial score (nSPS) is 11.3. The molecule has 2 N–H and O–H groups in total. The van der Waals surface area contributed by atoms with Crippen LogP contribution in [0.3, 0.4) is 0 Å². The molecular weight excluding hydrogens is 569 g/mol. The van der Waals surface area contributed by atoms with Crippen molar-refractivity contribution in [3.05, 3.63) is 59.2 Å². The number of halogens is 7. The zero-order valence-corrected chi connectivity index (χ0v) is 22.7. The Morgan fingerprint density at radius 1 is 0.784 bits per heavy atom. The van der Waals surface area contributed by atoms with Crippen molar-refractivity contribution in [2.45, 2.75) is 56.5 Å². The van der Waals surface area contributed by atoms with Gasteiger partial charge in [-0.25, -0.2) is 9.59 Å². The van der Waals surface area contributed by atoms with Crippen molar-refractivity contribution >= 4 is 52.6 Å². The van der Waals surface area contributed by atoms with E-state index in [9.17, 15) is 27.2 Å². The Hall–Kier alpha value is -2.70. The minimum absolute atomic E-state index is 0.352. The van der Waals surface area contributed by atoms with Crippen LogP contribution in [0.15, 0.2) is 24.3 Å². The van der Waals surface area contributed by atoms with Crippen molar-refractivity contribution in [2.75, 3.05) is 0 Å². The second kappa shape index (κ2) is 13.7. The molecule has 0 atom stereocenters. The molecule has 2 aromatic heterocycles. The maximum absolute atomic E-state index is 13.0. The summed E-state index contributed by atoms with van der Waals surface area (Å²) in [7, 11) is 0. The van der Waals surface area contributed by atoms with Crippen LogP contribution in [0.25, 0.3) is 0 Å². The average molecular weight is 593 g/mol. The molecule has 0 bridgehead atoms. The number of nitrogens with one attached hydrogen (secondary N) is 1. The summed E-state index contributed by atoms with van der Waals surface area (Å²) < 4.78 is 58.0. The van der Waals surface area contributed by atoms with Crippen LogP contribution in [0.5, 0.6) is 0 Å². The Kier molecular flexibility index (Phi) is 12.7. The van der Waals surface area contributed by atoms with Crippen LogP contribution < -0.4 is 0 Å². The topological polar surface area (TPSA) is 122 Å². The van der Waals surface area contributed by atoms with Crippen molar-refractivity contribution in [2.24, 2.45) is 0 Å². The minimum Gasteiger partial charge on any atom is -0.478 e. The quantitative estimate of drug-likeness (QED) is 0.102. The molecule has 0 aliphatic heterocycles. The standard InChI is InChI=1S/C10H11F2NO2.C6H10Cl3NO.C6H3F2NO2/c1-10(2,3)15-9(14)6-4-5-7(11)13-8(6)12;1-5(2,3)11-4(10)6(7,8)9;7-4-2-1-3(6(10)11)5(8)9-4/h4-5H,1-3H3;10H,1-3H3;1-2H,(H,10,11). The van der Waals surface area contributed by atoms with Gasteiger partial charge in [0, 0.05) is 0 Å². The number of carboxylic acids is 1. The van der Waals surface area contributed by atoms with Crippen LogP contribution in [-0.2, 0) is 9.47 Å². The van der Waals surface area contributed by atoms with E-state index in [2.05, 4.69) is 9.97 Å². The van der Waals surface area contributed by atoms with Gasteiger partial charge in [0.05, 0.1) is 0 Å². The van der Waals surface area contributed by atoms with Crippen molar-refractivity contribution in [1.29, 1.82) is 5.41 Å². The van der Waals surface area contributed by atoms with E-state index in [-0.39, 0.29) is 11.5 Å². The number of carbonyl (C=O) groups excluding carboxylic acids is 1. The monoisotopic (exact) mass is 591 g/mol. The number of aromatic carboxylic acids is 1. The van der Waals surface area contributed by atoms with E-state index < -0.39 is 56.3 Å². The van der Waals surface area contributed by atoms with E-state index in [1.165, 1.54) is 0 Å². The van der Waals surface area contributed by atoms with Crippen LogP contribution in [0.2, 0.25) is 0 Å². The molecule has 0 aliphatic rings. The molecule has 0 radical (unpaired) electrons. The smallest absolute Gasteiger partial charge is 0.343 e. The van der Waals surface area contributed by atoms with Crippen molar-refractivity contribution in [1.82, 2.24) is 9.97 Å². The number of alkyl halides is 3. The van der Waals surface area contributed by atoms with Crippen LogP contribution in [-0.4, -0.2) is 47.9 Å². The number of hydrogen-bond donors (Lipinski definition) is 2. The van der Waals surface area contributed by atoms with Gasteiger partial charge in [-0.15, -0.1) is 0 Å². The lowest BCUT2D eigenvalue weighted by molar-refractivity contribution is 0.00631. The van der Waals surface area contributed by atoms with Gasteiger partial charge in [0.15, 0.2) is 0 Å². The molecule has 0 unspecified atom stereocenters. The molecule has 8 nitrogen and oxygen atoms in total. The van der Waals surface area contributed by atoms with Gasteiger partial charge in [-0.2, -0.15) is 27.5 Å². The van der Waals surface area contributed by atoms with E-state index in [1.807, 2.05) is 0 Å². The highest BCUT2D eigenvalue weighted by Gasteiger charge is 2.31. The largest absolute Gasteiger partial charge is 0.478 e. The molecule has 206 valence electrons. The molecule has 15 heteroatoms. The average Bonchev–Trinajstić information content (AvgIpc) is 2.65. The molecular formula is C22H24Cl3F4N3O5. The van der Waals surface area contributed by atoms with Gasteiger partial charge in [-0.1, -0.05) is 34.8 Å². The lowest BCUT2D eigenvalue weighted by Gasteiger charge is -2.24. The molecule has 37 heavy (non-hydrogen) atoms. The molecule has 2 rings (SSSR count). The third-order valence-electron chi connectivity index (χ3n) is 3.14. The lowest BCUT2D eigenvalue weighted by Crippen LogP contribution is -2.31. The number of carboxylic acid groups (broad SMARTS) is 1. The third-order valence-corrected chi connectivity index (χ3v) is 3.66. The first kappa shape index (κ1) is 34.3. The first-order valence-electron chi connectivity index (χ1n) is 9.99. The number of ether oxygens (including phenoxy) is 2. The highest BCUT2D eigenvalue weighted by Crippen LogP contribution is 2.29. The van der Waals surface area contributed by atoms with Crippen LogP contribution in [0.4, 0.5) is 17.6 Å². The van der Waals surface area contributed by atoms with Gasteiger partial charge >= 0.3 is 11.9 Å². The van der Waals surface area contributed by atoms with Crippen LogP contribution in [0.1, 0.15) is 62.3 Å². The summed E-state index contributed by atoms with van der Waals surface area (Å²) >= 11 is 16.1. The van der Waals surface area contributed by atoms with Gasteiger partial charge in [0.2, 0.25) is 29.7 Å². The second-order valence-electron chi connectivity index (χ2n) is 8.79. The Morgan fingerprint density at radius 3 is 1.43 bits per heavy atom. The van der Waals surface area contributed by atoms with Gasteiger partial charge in [0.1, 0.15) is 22.3 Å². The number of esters is 1. The van der Waals surface area contributed by atoms with Crippen molar-refractivity contribution in [3.8, 4) is 0 Å². The van der Waals surface area contributed by atoms with Gasteiger partial charge in [0.25, 0.3) is 3.79 Å². The zero-order chi connectivity index (χ0) is 29.4. The van der Waals surface area contributed by atoms with Crippen molar-refractivity contribution in [3.63, 3.8) is 0 Å². The third kappa shape index (κ3) is 14.6. The van der Waals surface area contributed by atoms with Crippen LogP contribution in [0, 0.1) is 29.2 Å². The molecule has 0 fully saturated rings. The number of aromatic nitrogens is 2. The van der Waals surface area contributed by atoms with Gasteiger partial charge in [-0.05, 0) is 65.8 Å². The van der Waals surface area contributed by atoms with E-state index in [4.69, 9.17) is 54.8 Å². The van der Waals surface area contributed by atoms with Gasteiger partial charge in [-0.3, -0.25) is 5.41 Å². The lowest BCUT2D eigenvalue weighted by atomic mass is 10.2. The van der Waals surface area contributed by atoms with Crippen LogP contribution >= 0.6 is 34.8 Å². The summed E-state index contributed by atoms with van der Waals surface area (Å²) in [5, 5.41) is 15.4. The molecule has 0 saturated carbocycles. The molecule has 0 aliphatic carbocycles. The predicted molar refractivity (Wildman–Crippen MR) is 129 cm³/mol. The fourth-order valence-electron chi connectivity index (χ4n) is 1.83. The summed E-state index contributed by atoms with van der Waals surface area (Å²) in [5.41, 5.74) is -2.23. The SMILES string of the molecule is CC(C)(C)OC(=N)C(Cl)(Cl)Cl.CC(C)(C)OC(=O)c1ccc(F)nc1F.O=C(O)c1ccc(F)nc1F. The van der Waals surface area contributed by atoms with Crippen molar-refractivity contribution < 1.29 is 41.7 Å². The first-order chi connectivity index (χ1) is 16.5. The maximum Gasteiger partial charge on any atom is 0.343 e. The summed E-state index contributed by atoms with van der Waals surface area (Å²) in [5.74, 6) is -7.15. The minimum atomic E-state index is -1.76.